The summed E-state index contributed by atoms with van der Waals surface area (Å²) in [5.74, 6) is -0.359. The summed E-state index contributed by atoms with van der Waals surface area (Å²) in [4.78, 5) is 16.7. The van der Waals surface area contributed by atoms with Crippen molar-refractivity contribution >= 4 is 21.6 Å². The Morgan fingerprint density at radius 1 is 0.912 bits per heavy atom. The zero-order valence-electron chi connectivity index (χ0n) is 19.3. The van der Waals surface area contributed by atoms with Crippen molar-refractivity contribution in [1.29, 1.82) is 0 Å². The van der Waals surface area contributed by atoms with Crippen LogP contribution in [-0.4, -0.2) is 56.8 Å². The molecule has 1 aliphatic rings. The van der Waals surface area contributed by atoms with E-state index >= 15 is 0 Å². The second-order valence-corrected chi connectivity index (χ2v) is 10.4. The smallest absolute Gasteiger partial charge is 0.264 e. The minimum atomic E-state index is -3.58. The van der Waals surface area contributed by atoms with Crippen LogP contribution in [0, 0.1) is 0 Å². The molecule has 1 saturated heterocycles. The highest BCUT2D eigenvalue weighted by atomic mass is 32.2. The largest absolute Gasteiger partial charge is 0.508 e. The molecule has 178 valence electrons. The number of hydrogen-bond acceptors (Lipinski definition) is 6. The van der Waals surface area contributed by atoms with Gasteiger partial charge in [0.1, 0.15) is 5.75 Å². The zero-order chi connectivity index (χ0) is 24.3. The molecule has 34 heavy (non-hydrogen) atoms. The average molecular weight is 480 g/mol. The molecule has 1 aliphatic heterocycles. The quantitative estimate of drug-likeness (QED) is 0.561. The van der Waals surface area contributed by atoms with Crippen LogP contribution in [0.15, 0.2) is 72.8 Å². The molecule has 0 bridgehead atoms. The number of phenolic OH excluding ortho intramolecular Hbond substituents is 1. The first-order valence-corrected chi connectivity index (χ1v) is 13.1. The normalized spacial score (nSPS) is 15.6. The fraction of sp³-hybridized carbons (Fsp3) is 0.269. The summed E-state index contributed by atoms with van der Waals surface area (Å²) < 4.78 is 24.5. The van der Waals surface area contributed by atoms with Crippen molar-refractivity contribution in [2.24, 2.45) is 0 Å². The number of carbonyl (C=O) groups excluding carboxylic acids is 1. The molecule has 3 aromatic rings. The van der Waals surface area contributed by atoms with Gasteiger partial charge in [-0.2, -0.15) is 0 Å². The molecule has 8 heteroatoms. The molecule has 1 atom stereocenters. The van der Waals surface area contributed by atoms with Crippen molar-refractivity contribution in [3.05, 3.63) is 83.9 Å². The van der Waals surface area contributed by atoms with Gasteiger partial charge in [0, 0.05) is 43.5 Å². The van der Waals surface area contributed by atoms with Gasteiger partial charge in [0.25, 0.3) is 5.91 Å². The number of nitrogens with one attached hydrogen (secondary N) is 1. The van der Waals surface area contributed by atoms with Gasteiger partial charge < -0.3 is 10.0 Å². The van der Waals surface area contributed by atoms with E-state index in [9.17, 15) is 18.3 Å². The van der Waals surface area contributed by atoms with Crippen LogP contribution in [0.4, 0.5) is 5.69 Å². The molecule has 0 aromatic heterocycles. The number of phenols is 1. The minimum Gasteiger partial charge on any atom is -0.508 e. The maximum Gasteiger partial charge on any atom is 0.264 e. The molecular weight excluding hydrogens is 450 g/mol. The van der Waals surface area contributed by atoms with Crippen molar-refractivity contribution in [3.8, 4) is 16.9 Å². The number of nitrogens with zero attached hydrogens (tertiary/aromatic N) is 2. The van der Waals surface area contributed by atoms with Crippen molar-refractivity contribution in [2.45, 2.75) is 13.0 Å². The summed E-state index contributed by atoms with van der Waals surface area (Å²) in [5.41, 5.74) is 4.64. The standard InChI is InChI=1S/C26H29N3O4S/c1-19(20-6-8-21(9-7-20)23-4-3-5-25(30)18-23)28-14-16-29(17-15-28)24-12-10-22(11-13-24)26(31)27-34(2,32)33/h3-13,18-19,30H,14-17H2,1-2H3,(H,27,31). The molecule has 3 aromatic carbocycles. The third kappa shape index (κ3) is 5.76. The van der Waals surface area contributed by atoms with Crippen molar-refractivity contribution < 1.29 is 18.3 Å². The van der Waals surface area contributed by atoms with E-state index in [-0.39, 0.29) is 11.8 Å². The van der Waals surface area contributed by atoms with E-state index in [0.29, 0.717) is 5.56 Å². The lowest BCUT2D eigenvalue weighted by Crippen LogP contribution is -2.47. The van der Waals surface area contributed by atoms with Gasteiger partial charge in [-0.3, -0.25) is 9.69 Å². The molecule has 1 fully saturated rings. The molecule has 1 amide bonds. The van der Waals surface area contributed by atoms with E-state index in [1.54, 1.807) is 24.3 Å². The topological polar surface area (TPSA) is 89.9 Å². The van der Waals surface area contributed by atoms with E-state index < -0.39 is 15.9 Å². The Morgan fingerprint density at radius 3 is 2.15 bits per heavy atom. The highest BCUT2D eigenvalue weighted by Crippen LogP contribution is 2.28. The first kappa shape index (κ1) is 23.8. The molecular formula is C26H29N3O4S. The molecule has 1 unspecified atom stereocenters. The molecule has 0 aliphatic carbocycles. The average Bonchev–Trinajstić information content (AvgIpc) is 2.83. The number of piperazine rings is 1. The van der Waals surface area contributed by atoms with Crippen LogP contribution in [0.3, 0.4) is 0 Å². The Labute approximate surface area is 200 Å². The summed E-state index contributed by atoms with van der Waals surface area (Å²) in [6.45, 7) is 5.76. The van der Waals surface area contributed by atoms with Crippen LogP contribution in [0.25, 0.3) is 11.1 Å². The van der Waals surface area contributed by atoms with Crippen LogP contribution >= 0.6 is 0 Å². The van der Waals surface area contributed by atoms with E-state index in [1.807, 2.05) is 29.0 Å². The van der Waals surface area contributed by atoms with Crippen LogP contribution < -0.4 is 9.62 Å². The van der Waals surface area contributed by atoms with E-state index in [1.165, 1.54) is 5.56 Å². The van der Waals surface area contributed by atoms with Gasteiger partial charge in [-0.1, -0.05) is 36.4 Å². The fourth-order valence-corrected chi connectivity index (χ4v) is 4.72. The van der Waals surface area contributed by atoms with Gasteiger partial charge in [-0.15, -0.1) is 0 Å². The highest BCUT2D eigenvalue weighted by Gasteiger charge is 2.22. The van der Waals surface area contributed by atoms with E-state index in [2.05, 4.69) is 41.0 Å². The molecule has 0 radical (unpaired) electrons. The predicted molar refractivity (Wildman–Crippen MR) is 134 cm³/mol. The molecule has 0 saturated carbocycles. The number of carbonyl (C=O) groups is 1. The van der Waals surface area contributed by atoms with Gasteiger partial charge in [-0.25, -0.2) is 13.1 Å². The van der Waals surface area contributed by atoms with Gasteiger partial charge >= 0.3 is 0 Å². The SMILES string of the molecule is CC(c1ccc(-c2cccc(O)c2)cc1)N1CCN(c2ccc(C(=O)NS(C)(=O)=O)cc2)CC1. The van der Waals surface area contributed by atoms with Crippen molar-refractivity contribution in [1.82, 2.24) is 9.62 Å². The number of anilines is 1. The lowest BCUT2D eigenvalue weighted by Gasteiger charge is -2.39. The Balaban J connectivity index is 1.35. The minimum absolute atomic E-state index is 0.264. The third-order valence-electron chi connectivity index (χ3n) is 6.21. The van der Waals surface area contributed by atoms with Gasteiger partial charge in [-0.05, 0) is 60.0 Å². The van der Waals surface area contributed by atoms with Crippen molar-refractivity contribution in [3.63, 3.8) is 0 Å². The van der Waals surface area contributed by atoms with Crippen LogP contribution in [0.2, 0.25) is 0 Å². The molecule has 0 spiro atoms. The fourth-order valence-electron chi connectivity index (χ4n) is 4.27. The monoisotopic (exact) mass is 479 g/mol. The number of hydrogen-bond donors (Lipinski definition) is 2. The first-order valence-electron chi connectivity index (χ1n) is 11.2. The number of aromatic hydroxyl groups is 1. The number of sulfonamides is 1. The van der Waals surface area contributed by atoms with Crippen LogP contribution in [-0.2, 0) is 10.0 Å². The van der Waals surface area contributed by atoms with E-state index in [0.717, 1.165) is 49.2 Å². The Morgan fingerprint density at radius 2 is 1.56 bits per heavy atom. The lowest BCUT2D eigenvalue weighted by molar-refractivity contribution is 0.0981. The molecule has 1 heterocycles. The Hall–Kier alpha value is -3.36. The predicted octanol–water partition coefficient (Wildman–Crippen LogP) is 3.63. The Kier molecular flexibility index (Phi) is 6.90. The first-order chi connectivity index (χ1) is 16.2. The molecule has 7 nitrogen and oxygen atoms in total. The maximum atomic E-state index is 12.0. The summed E-state index contributed by atoms with van der Waals surface area (Å²) in [6.07, 6.45) is 0.961. The summed E-state index contributed by atoms with van der Waals surface area (Å²) >= 11 is 0. The van der Waals surface area contributed by atoms with Crippen molar-refractivity contribution in [2.75, 3.05) is 37.3 Å². The third-order valence-corrected chi connectivity index (χ3v) is 6.76. The van der Waals surface area contributed by atoms with Gasteiger partial charge in [0.15, 0.2) is 0 Å². The lowest BCUT2D eigenvalue weighted by atomic mass is 10.00. The second-order valence-electron chi connectivity index (χ2n) is 8.62. The summed E-state index contributed by atoms with van der Waals surface area (Å²) in [6, 6.07) is 23.1. The van der Waals surface area contributed by atoms with Crippen LogP contribution in [0.5, 0.6) is 5.75 Å². The van der Waals surface area contributed by atoms with Gasteiger partial charge in [0.05, 0.1) is 6.26 Å². The molecule has 4 rings (SSSR count). The van der Waals surface area contributed by atoms with E-state index in [4.69, 9.17) is 0 Å². The second kappa shape index (κ2) is 9.87. The number of benzene rings is 3. The highest BCUT2D eigenvalue weighted by molar-refractivity contribution is 7.89. The van der Waals surface area contributed by atoms with Gasteiger partial charge in [0.2, 0.25) is 10.0 Å². The zero-order valence-corrected chi connectivity index (χ0v) is 20.1. The summed E-state index contributed by atoms with van der Waals surface area (Å²) in [7, 11) is -3.58. The Bertz CT molecular complexity index is 1250. The molecule has 2 N–H and O–H groups in total. The summed E-state index contributed by atoms with van der Waals surface area (Å²) in [5, 5.41) is 9.72. The number of rotatable bonds is 6. The van der Waals surface area contributed by atoms with Crippen LogP contribution in [0.1, 0.15) is 28.9 Å². The number of amides is 1. The maximum absolute atomic E-state index is 12.0.